The molecule has 3 aromatic rings. The zero-order chi connectivity index (χ0) is 21.7. The van der Waals surface area contributed by atoms with E-state index < -0.39 is 10.0 Å². The number of carbonyl (C=O) groups is 1. The zero-order valence-corrected chi connectivity index (χ0v) is 17.5. The van der Waals surface area contributed by atoms with E-state index in [1.165, 1.54) is 23.5 Å². The van der Waals surface area contributed by atoms with Crippen molar-refractivity contribution in [3.8, 4) is 6.07 Å². The van der Waals surface area contributed by atoms with Crippen LogP contribution >= 0.6 is 0 Å². The van der Waals surface area contributed by atoms with Crippen LogP contribution < -0.4 is 9.62 Å². The molecule has 0 aliphatic carbocycles. The minimum absolute atomic E-state index is 0.180. The van der Waals surface area contributed by atoms with E-state index in [1.54, 1.807) is 67.6 Å². The number of nitrogens with zero attached hydrogens (tertiary/aromatic N) is 2. The molecule has 7 heteroatoms. The highest BCUT2D eigenvalue weighted by Crippen LogP contribution is 2.27. The Hall–Kier alpha value is -3.63. The van der Waals surface area contributed by atoms with E-state index in [4.69, 9.17) is 5.26 Å². The first kappa shape index (κ1) is 21.1. The number of anilines is 2. The third kappa shape index (κ3) is 4.50. The van der Waals surface area contributed by atoms with E-state index >= 15 is 0 Å². The highest BCUT2D eigenvalue weighted by Gasteiger charge is 2.23. The van der Waals surface area contributed by atoms with Crippen molar-refractivity contribution < 1.29 is 13.2 Å². The summed E-state index contributed by atoms with van der Waals surface area (Å²) in [6.07, 6.45) is 0.303. The van der Waals surface area contributed by atoms with E-state index in [-0.39, 0.29) is 10.8 Å². The lowest BCUT2D eigenvalue weighted by molar-refractivity contribution is 0.102. The number of amides is 1. The monoisotopic (exact) mass is 419 g/mol. The summed E-state index contributed by atoms with van der Waals surface area (Å²) in [5.74, 6) is -0.352. The van der Waals surface area contributed by atoms with Gasteiger partial charge in [0.1, 0.15) is 0 Å². The predicted octanol–water partition coefficient (Wildman–Crippen LogP) is 4.14. The van der Waals surface area contributed by atoms with Gasteiger partial charge in [-0.25, -0.2) is 8.42 Å². The highest BCUT2D eigenvalue weighted by atomic mass is 32.2. The second-order valence-corrected chi connectivity index (χ2v) is 8.74. The molecule has 0 atom stereocenters. The van der Waals surface area contributed by atoms with Crippen molar-refractivity contribution in [2.24, 2.45) is 0 Å². The molecule has 0 fully saturated rings. The maximum Gasteiger partial charge on any atom is 0.264 e. The average molecular weight is 420 g/mol. The molecule has 0 heterocycles. The summed E-state index contributed by atoms with van der Waals surface area (Å²) in [6, 6.07) is 22.2. The number of hydrogen-bond donors (Lipinski definition) is 1. The third-order valence-corrected chi connectivity index (χ3v) is 6.49. The van der Waals surface area contributed by atoms with Crippen LogP contribution in [-0.2, 0) is 16.4 Å². The molecule has 3 aromatic carbocycles. The van der Waals surface area contributed by atoms with Crippen molar-refractivity contribution in [1.82, 2.24) is 0 Å². The van der Waals surface area contributed by atoms with E-state index in [0.717, 1.165) is 11.1 Å². The number of carbonyl (C=O) groups excluding carboxylic acids is 1. The molecule has 0 aliphatic rings. The van der Waals surface area contributed by atoms with Gasteiger partial charge in [-0.3, -0.25) is 9.10 Å². The van der Waals surface area contributed by atoms with Gasteiger partial charge in [-0.15, -0.1) is 0 Å². The number of sulfonamides is 1. The number of rotatable bonds is 6. The van der Waals surface area contributed by atoms with Gasteiger partial charge in [-0.1, -0.05) is 36.4 Å². The van der Waals surface area contributed by atoms with E-state index in [0.29, 0.717) is 23.4 Å². The molecule has 0 saturated carbocycles. The molecule has 0 saturated heterocycles. The first-order valence-corrected chi connectivity index (χ1v) is 10.7. The van der Waals surface area contributed by atoms with E-state index in [1.807, 2.05) is 0 Å². The molecular weight excluding hydrogens is 398 g/mol. The summed E-state index contributed by atoms with van der Waals surface area (Å²) in [5, 5.41) is 11.5. The van der Waals surface area contributed by atoms with Crippen molar-refractivity contribution in [1.29, 1.82) is 5.26 Å². The maximum atomic E-state index is 12.9. The normalized spacial score (nSPS) is 10.8. The fraction of sp³-hybridized carbons (Fsp3) is 0.130. The number of nitrogens with one attached hydrogen (secondary N) is 1. The van der Waals surface area contributed by atoms with Gasteiger partial charge < -0.3 is 5.32 Å². The topological polar surface area (TPSA) is 90.3 Å². The third-order valence-electron chi connectivity index (χ3n) is 4.71. The minimum Gasteiger partial charge on any atom is -0.322 e. The quantitative estimate of drug-likeness (QED) is 0.650. The van der Waals surface area contributed by atoms with E-state index in [9.17, 15) is 13.2 Å². The molecule has 1 amide bonds. The Morgan fingerprint density at radius 1 is 1.03 bits per heavy atom. The average Bonchev–Trinajstić information content (AvgIpc) is 2.75. The van der Waals surface area contributed by atoms with Gasteiger partial charge in [-0.05, 0) is 54.4 Å². The lowest BCUT2D eigenvalue weighted by atomic mass is 10.1. The molecular formula is C23H21N3O3S. The molecule has 0 spiro atoms. The molecule has 152 valence electrons. The van der Waals surface area contributed by atoms with Gasteiger partial charge in [0.15, 0.2) is 0 Å². The van der Waals surface area contributed by atoms with Crippen LogP contribution in [0.2, 0.25) is 0 Å². The number of hydrogen-bond acceptors (Lipinski definition) is 4. The maximum absolute atomic E-state index is 12.9. The van der Waals surface area contributed by atoms with Crippen molar-refractivity contribution in [2.45, 2.75) is 18.2 Å². The van der Waals surface area contributed by atoms with Gasteiger partial charge in [-0.2, -0.15) is 5.26 Å². The van der Waals surface area contributed by atoms with Crippen molar-refractivity contribution in [2.75, 3.05) is 16.7 Å². The Morgan fingerprint density at radius 2 is 1.70 bits per heavy atom. The van der Waals surface area contributed by atoms with Gasteiger partial charge in [0.05, 0.1) is 23.1 Å². The summed E-state index contributed by atoms with van der Waals surface area (Å²) < 4.78 is 27.1. The molecule has 0 radical (unpaired) electrons. The van der Waals surface area contributed by atoms with Gasteiger partial charge >= 0.3 is 0 Å². The molecule has 0 aromatic heterocycles. The van der Waals surface area contributed by atoms with Gasteiger partial charge in [0.2, 0.25) is 0 Å². The first-order chi connectivity index (χ1) is 14.3. The molecule has 0 unspecified atom stereocenters. The van der Waals surface area contributed by atoms with Crippen LogP contribution in [0.5, 0.6) is 0 Å². The second-order valence-electron chi connectivity index (χ2n) is 6.77. The van der Waals surface area contributed by atoms with Crippen molar-refractivity contribution >= 4 is 27.3 Å². The van der Waals surface area contributed by atoms with Crippen LogP contribution in [0.3, 0.4) is 0 Å². The Labute approximate surface area is 176 Å². The zero-order valence-electron chi connectivity index (χ0n) is 16.7. The fourth-order valence-electron chi connectivity index (χ4n) is 2.97. The highest BCUT2D eigenvalue weighted by molar-refractivity contribution is 7.92. The molecule has 0 bridgehead atoms. The van der Waals surface area contributed by atoms with Crippen LogP contribution in [0.25, 0.3) is 0 Å². The van der Waals surface area contributed by atoms with Crippen LogP contribution in [0.1, 0.15) is 21.5 Å². The van der Waals surface area contributed by atoms with Crippen molar-refractivity contribution in [3.05, 3.63) is 89.5 Å². The first-order valence-electron chi connectivity index (χ1n) is 9.25. The minimum atomic E-state index is -3.75. The lowest BCUT2D eigenvalue weighted by Gasteiger charge is -2.22. The Bertz CT molecular complexity index is 1200. The van der Waals surface area contributed by atoms with Crippen LogP contribution in [0.4, 0.5) is 11.4 Å². The number of aryl methyl sites for hydroxylation is 1. The Kier molecular flexibility index (Phi) is 6.19. The van der Waals surface area contributed by atoms with Crippen LogP contribution in [0.15, 0.2) is 77.7 Å². The number of benzene rings is 3. The number of nitriles is 1. The predicted molar refractivity (Wildman–Crippen MR) is 117 cm³/mol. The molecule has 6 nitrogen and oxygen atoms in total. The molecule has 30 heavy (non-hydrogen) atoms. The van der Waals surface area contributed by atoms with Crippen LogP contribution in [-0.4, -0.2) is 21.4 Å². The smallest absolute Gasteiger partial charge is 0.264 e. The summed E-state index contributed by atoms with van der Waals surface area (Å²) in [6.45, 7) is 1.79. The lowest BCUT2D eigenvalue weighted by Crippen LogP contribution is -2.27. The second kappa shape index (κ2) is 8.80. The summed E-state index contributed by atoms with van der Waals surface area (Å²) in [7, 11) is -2.28. The van der Waals surface area contributed by atoms with Crippen LogP contribution in [0, 0.1) is 18.3 Å². The summed E-state index contributed by atoms with van der Waals surface area (Å²) in [5.41, 5.74) is 2.95. The Morgan fingerprint density at radius 3 is 2.33 bits per heavy atom. The van der Waals surface area contributed by atoms with Gasteiger partial charge in [0, 0.05) is 18.3 Å². The van der Waals surface area contributed by atoms with Gasteiger partial charge in [0.25, 0.3) is 15.9 Å². The standard InChI is InChI=1S/C23H21N3O3S/c1-17-8-11-19(23(27)25-20-12-9-18(10-13-20)14-15-24)16-22(17)26(2)30(28,29)21-6-4-3-5-7-21/h3-13,16H,14H2,1-2H3,(H,25,27). The van der Waals surface area contributed by atoms with E-state index in [2.05, 4.69) is 11.4 Å². The Balaban J connectivity index is 1.86. The fourth-order valence-corrected chi connectivity index (χ4v) is 4.24. The van der Waals surface area contributed by atoms with Crippen molar-refractivity contribution in [3.63, 3.8) is 0 Å². The SMILES string of the molecule is Cc1ccc(C(=O)Nc2ccc(CC#N)cc2)cc1N(C)S(=O)(=O)c1ccccc1. The molecule has 3 rings (SSSR count). The molecule has 1 N–H and O–H groups in total. The largest absolute Gasteiger partial charge is 0.322 e. The summed E-state index contributed by atoms with van der Waals surface area (Å²) >= 11 is 0. The summed E-state index contributed by atoms with van der Waals surface area (Å²) in [4.78, 5) is 12.9. The molecule has 0 aliphatic heterocycles.